The molecule has 0 fully saturated rings. The SMILES string of the molecule is O=C=Nc1c(F)c(F)c(C(F)(F)F)c(F)c1F. The highest BCUT2D eigenvalue weighted by Crippen LogP contribution is 2.39. The van der Waals surface area contributed by atoms with Gasteiger partial charge >= 0.3 is 6.18 Å². The molecule has 1 rings (SSSR count). The molecule has 0 radical (unpaired) electrons. The maximum atomic E-state index is 12.9. The molecule has 0 saturated carbocycles. The fraction of sp³-hybridized carbons (Fsp3) is 0.125. The molecule has 1 aromatic rings. The number of hydrogen-bond donors (Lipinski definition) is 0. The van der Waals surface area contributed by atoms with Gasteiger partial charge < -0.3 is 0 Å². The van der Waals surface area contributed by atoms with Crippen molar-refractivity contribution in [3.8, 4) is 0 Å². The van der Waals surface area contributed by atoms with Gasteiger partial charge in [0.2, 0.25) is 6.08 Å². The van der Waals surface area contributed by atoms with Crippen molar-refractivity contribution < 1.29 is 35.5 Å². The Labute approximate surface area is 88.4 Å². The summed E-state index contributed by atoms with van der Waals surface area (Å²) in [7, 11) is 0. The first-order valence-electron chi connectivity index (χ1n) is 3.72. The number of nitrogens with zero attached hydrogens (tertiary/aromatic N) is 1. The summed E-state index contributed by atoms with van der Waals surface area (Å²) in [5.74, 6) is -10.2. The van der Waals surface area contributed by atoms with Crippen LogP contribution in [-0.2, 0) is 11.0 Å². The van der Waals surface area contributed by atoms with Crippen LogP contribution in [-0.4, -0.2) is 6.08 Å². The minimum atomic E-state index is -5.63. The van der Waals surface area contributed by atoms with E-state index in [1.54, 1.807) is 0 Å². The number of hydrogen-bond acceptors (Lipinski definition) is 2. The summed E-state index contributed by atoms with van der Waals surface area (Å²) in [6.45, 7) is 0. The Hall–Kier alpha value is -1.89. The third-order valence-electron chi connectivity index (χ3n) is 1.68. The van der Waals surface area contributed by atoms with E-state index in [9.17, 15) is 35.5 Å². The Morgan fingerprint density at radius 1 is 0.882 bits per heavy atom. The average molecular weight is 259 g/mol. The van der Waals surface area contributed by atoms with Gasteiger partial charge in [0.25, 0.3) is 0 Å². The van der Waals surface area contributed by atoms with Gasteiger partial charge in [-0.3, -0.25) is 0 Å². The zero-order valence-electron chi connectivity index (χ0n) is 7.50. The van der Waals surface area contributed by atoms with Crippen LogP contribution >= 0.6 is 0 Å². The van der Waals surface area contributed by atoms with Crippen molar-refractivity contribution in [1.82, 2.24) is 0 Å². The molecule has 92 valence electrons. The van der Waals surface area contributed by atoms with Crippen LogP contribution in [0, 0.1) is 23.3 Å². The summed E-state index contributed by atoms with van der Waals surface area (Å²) in [4.78, 5) is 11.9. The number of halogens is 7. The molecule has 0 heterocycles. The van der Waals surface area contributed by atoms with Gasteiger partial charge in [0, 0.05) is 0 Å². The predicted octanol–water partition coefficient (Wildman–Crippen LogP) is 3.23. The van der Waals surface area contributed by atoms with Crippen LogP contribution in [0.2, 0.25) is 0 Å². The van der Waals surface area contributed by atoms with Gasteiger partial charge in [0.15, 0.2) is 29.0 Å². The molecule has 0 bridgehead atoms. The van der Waals surface area contributed by atoms with Crippen molar-refractivity contribution in [2.45, 2.75) is 6.18 Å². The van der Waals surface area contributed by atoms with Crippen molar-refractivity contribution in [1.29, 1.82) is 0 Å². The molecule has 0 aromatic heterocycles. The summed E-state index contributed by atoms with van der Waals surface area (Å²) >= 11 is 0. The Balaban J connectivity index is 3.77. The number of rotatable bonds is 1. The highest BCUT2D eigenvalue weighted by molar-refractivity contribution is 5.52. The number of alkyl halides is 3. The molecular weight excluding hydrogens is 259 g/mol. The van der Waals surface area contributed by atoms with Crippen LogP contribution in [0.5, 0.6) is 0 Å². The molecule has 0 aliphatic rings. The Morgan fingerprint density at radius 3 is 1.59 bits per heavy atom. The molecule has 1 aromatic carbocycles. The molecule has 0 spiro atoms. The zero-order chi connectivity index (χ0) is 13.4. The molecular formula is C8F7NO. The number of benzene rings is 1. The Morgan fingerprint density at radius 2 is 1.29 bits per heavy atom. The second kappa shape index (κ2) is 4.17. The molecule has 0 aliphatic heterocycles. The quantitative estimate of drug-likeness (QED) is 0.329. The van der Waals surface area contributed by atoms with E-state index < -0.39 is 40.7 Å². The first-order valence-corrected chi connectivity index (χ1v) is 3.72. The normalized spacial score (nSPS) is 11.2. The fourth-order valence-corrected chi connectivity index (χ4v) is 1.01. The third kappa shape index (κ3) is 2.14. The monoisotopic (exact) mass is 259 g/mol. The van der Waals surface area contributed by atoms with E-state index in [4.69, 9.17) is 0 Å². The van der Waals surface area contributed by atoms with Gasteiger partial charge in [0.1, 0.15) is 5.56 Å². The van der Waals surface area contributed by atoms with Gasteiger partial charge in [-0.25, -0.2) is 22.4 Å². The minimum Gasteiger partial charge on any atom is -0.211 e. The van der Waals surface area contributed by atoms with Crippen LogP contribution in [0.1, 0.15) is 5.56 Å². The summed E-state index contributed by atoms with van der Waals surface area (Å²) in [5, 5.41) is 0. The van der Waals surface area contributed by atoms with Gasteiger partial charge in [0.05, 0.1) is 0 Å². The molecule has 0 unspecified atom stereocenters. The van der Waals surface area contributed by atoms with Crippen LogP contribution < -0.4 is 0 Å². The molecule has 17 heavy (non-hydrogen) atoms. The van der Waals surface area contributed by atoms with Crippen molar-refractivity contribution in [2.75, 3.05) is 0 Å². The van der Waals surface area contributed by atoms with E-state index in [0.29, 0.717) is 6.08 Å². The number of aliphatic imine (C=N–C) groups is 1. The standard InChI is InChI=1S/C8F7NO/c9-3-2(8(13,14)15)4(10)6(12)7(5(3)11)16-1-17. The molecule has 2 nitrogen and oxygen atoms in total. The van der Waals surface area contributed by atoms with E-state index in [2.05, 4.69) is 4.99 Å². The minimum absolute atomic E-state index is 0.559. The van der Waals surface area contributed by atoms with Crippen LogP contribution in [0.15, 0.2) is 4.99 Å². The van der Waals surface area contributed by atoms with Crippen molar-refractivity contribution in [2.24, 2.45) is 4.99 Å². The smallest absolute Gasteiger partial charge is 0.211 e. The third-order valence-corrected chi connectivity index (χ3v) is 1.68. The van der Waals surface area contributed by atoms with E-state index in [1.165, 1.54) is 0 Å². The maximum Gasteiger partial charge on any atom is 0.422 e. The lowest BCUT2D eigenvalue weighted by Crippen LogP contribution is -2.14. The Kier molecular flexibility index (Phi) is 3.23. The van der Waals surface area contributed by atoms with Gasteiger partial charge in [-0.2, -0.15) is 18.2 Å². The molecule has 9 heteroatoms. The van der Waals surface area contributed by atoms with Crippen LogP contribution in [0.4, 0.5) is 36.4 Å². The van der Waals surface area contributed by atoms with Crippen LogP contribution in [0.25, 0.3) is 0 Å². The van der Waals surface area contributed by atoms with Crippen molar-refractivity contribution in [3.05, 3.63) is 28.8 Å². The molecule has 0 aliphatic carbocycles. The number of isocyanates is 1. The highest BCUT2D eigenvalue weighted by Gasteiger charge is 2.42. The van der Waals surface area contributed by atoms with Gasteiger partial charge in [-0.15, -0.1) is 0 Å². The maximum absolute atomic E-state index is 12.9. The van der Waals surface area contributed by atoms with Gasteiger partial charge in [-0.1, -0.05) is 0 Å². The Bertz CT molecular complexity index is 487. The van der Waals surface area contributed by atoms with E-state index in [1.807, 2.05) is 0 Å². The lowest BCUT2D eigenvalue weighted by Gasteiger charge is -2.11. The molecule has 0 atom stereocenters. The predicted molar refractivity (Wildman–Crippen MR) is 39.1 cm³/mol. The molecule has 0 amide bonds. The first-order chi connectivity index (χ1) is 7.71. The van der Waals surface area contributed by atoms with E-state index >= 15 is 0 Å². The fourth-order valence-electron chi connectivity index (χ4n) is 1.01. The second-order valence-electron chi connectivity index (χ2n) is 2.68. The van der Waals surface area contributed by atoms with E-state index in [-0.39, 0.29) is 0 Å². The highest BCUT2D eigenvalue weighted by atomic mass is 19.4. The molecule has 0 saturated heterocycles. The summed E-state index contributed by atoms with van der Waals surface area (Å²) in [6.07, 6.45) is -5.07. The zero-order valence-corrected chi connectivity index (χ0v) is 7.50. The summed E-state index contributed by atoms with van der Waals surface area (Å²) in [5.41, 5.74) is -4.53. The average Bonchev–Trinajstić information content (AvgIpc) is 2.20. The molecule has 0 N–H and O–H groups in total. The summed E-state index contributed by atoms with van der Waals surface area (Å²) in [6, 6.07) is 0. The van der Waals surface area contributed by atoms with Crippen LogP contribution in [0.3, 0.4) is 0 Å². The first kappa shape index (κ1) is 13.2. The lowest BCUT2D eigenvalue weighted by atomic mass is 10.1. The topological polar surface area (TPSA) is 29.4 Å². The van der Waals surface area contributed by atoms with Crippen molar-refractivity contribution >= 4 is 11.8 Å². The van der Waals surface area contributed by atoms with E-state index in [0.717, 1.165) is 0 Å². The summed E-state index contributed by atoms with van der Waals surface area (Å²) < 4.78 is 87.6. The van der Waals surface area contributed by atoms with Crippen molar-refractivity contribution in [3.63, 3.8) is 0 Å². The largest absolute Gasteiger partial charge is 0.422 e. The van der Waals surface area contributed by atoms with Gasteiger partial charge in [-0.05, 0) is 0 Å². The lowest BCUT2D eigenvalue weighted by molar-refractivity contribution is -0.143. The second-order valence-corrected chi connectivity index (χ2v) is 2.68. The number of carbonyl (C=O) groups excluding carboxylic acids is 1.